The van der Waals surface area contributed by atoms with Gasteiger partial charge in [0.15, 0.2) is 0 Å². The van der Waals surface area contributed by atoms with Gasteiger partial charge in [-0.3, -0.25) is 0 Å². The van der Waals surface area contributed by atoms with Crippen LogP contribution in [-0.4, -0.2) is 9.97 Å². The summed E-state index contributed by atoms with van der Waals surface area (Å²) in [6.45, 7) is 0.294. The maximum absolute atomic E-state index is 13.6. The van der Waals surface area contributed by atoms with Crippen molar-refractivity contribution < 1.29 is 8.78 Å². The van der Waals surface area contributed by atoms with E-state index in [4.69, 9.17) is 0 Å². The van der Waals surface area contributed by atoms with E-state index in [9.17, 15) is 8.78 Å². The summed E-state index contributed by atoms with van der Waals surface area (Å²) in [7, 11) is 0. The van der Waals surface area contributed by atoms with E-state index in [1.165, 1.54) is 18.5 Å². The molecule has 0 spiro atoms. The highest BCUT2D eigenvalue weighted by molar-refractivity contribution is 5.59. The fraction of sp³-hybridized carbons (Fsp3) is 0.0588. The van der Waals surface area contributed by atoms with Crippen LogP contribution in [0.25, 0.3) is 0 Å². The third-order valence-corrected chi connectivity index (χ3v) is 3.22. The van der Waals surface area contributed by atoms with Crippen LogP contribution in [-0.2, 0) is 6.54 Å². The summed E-state index contributed by atoms with van der Waals surface area (Å²) >= 11 is 0. The Kier molecular flexibility index (Phi) is 4.42. The molecule has 2 N–H and O–H groups in total. The van der Waals surface area contributed by atoms with E-state index in [-0.39, 0.29) is 11.6 Å². The topological polar surface area (TPSA) is 49.8 Å². The molecule has 0 amide bonds. The quantitative estimate of drug-likeness (QED) is 0.744. The molecule has 0 bridgehead atoms. The Balaban J connectivity index is 1.70. The molecule has 1 heterocycles. The molecule has 116 valence electrons. The fourth-order valence-electron chi connectivity index (χ4n) is 2.05. The van der Waals surface area contributed by atoms with Crippen LogP contribution in [0.15, 0.2) is 60.9 Å². The van der Waals surface area contributed by atoms with Crippen molar-refractivity contribution in [2.75, 3.05) is 10.6 Å². The van der Waals surface area contributed by atoms with E-state index in [0.717, 1.165) is 0 Å². The first-order valence-electron chi connectivity index (χ1n) is 7.03. The number of hydrogen-bond donors (Lipinski definition) is 2. The second-order valence-corrected chi connectivity index (χ2v) is 4.84. The maximum Gasteiger partial charge on any atom is 0.146 e. The lowest BCUT2D eigenvalue weighted by molar-refractivity contribution is 0.613. The molecule has 0 saturated carbocycles. The molecular formula is C17H14F2N4. The molecule has 0 saturated heterocycles. The van der Waals surface area contributed by atoms with Gasteiger partial charge < -0.3 is 10.6 Å². The average molecular weight is 312 g/mol. The van der Waals surface area contributed by atoms with Crippen molar-refractivity contribution in [3.63, 3.8) is 0 Å². The zero-order valence-electron chi connectivity index (χ0n) is 12.1. The molecule has 0 aliphatic carbocycles. The van der Waals surface area contributed by atoms with Crippen LogP contribution in [0.3, 0.4) is 0 Å². The van der Waals surface area contributed by atoms with E-state index in [2.05, 4.69) is 20.6 Å². The van der Waals surface area contributed by atoms with Crippen LogP contribution >= 0.6 is 0 Å². The van der Waals surface area contributed by atoms with Gasteiger partial charge in [0.2, 0.25) is 0 Å². The Morgan fingerprint density at radius 1 is 0.826 bits per heavy atom. The Bertz CT molecular complexity index is 808. The summed E-state index contributed by atoms with van der Waals surface area (Å²) in [6, 6.07) is 14.5. The molecule has 0 aliphatic heterocycles. The molecule has 3 aromatic rings. The van der Waals surface area contributed by atoms with Crippen molar-refractivity contribution in [2.45, 2.75) is 6.54 Å². The number of rotatable bonds is 5. The molecule has 23 heavy (non-hydrogen) atoms. The monoisotopic (exact) mass is 312 g/mol. The van der Waals surface area contributed by atoms with Crippen molar-refractivity contribution >= 4 is 17.3 Å². The minimum absolute atomic E-state index is 0.279. The molecule has 1 aromatic heterocycles. The van der Waals surface area contributed by atoms with Crippen molar-refractivity contribution in [3.8, 4) is 0 Å². The SMILES string of the molecule is Fc1ccccc1CNc1cc(Nc2ccccc2F)ncn1. The van der Waals surface area contributed by atoms with Crippen molar-refractivity contribution in [1.29, 1.82) is 0 Å². The lowest BCUT2D eigenvalue weighted by Gasteiger charge is -2.09. The normalized spacial score (nSPS) is 10.3. The molecule has 0 aliphatic rings. The van der Waals surface area contributed by atoms with E-state index in [1.807, 2.05) is 0 Å². The third-order valence-electron chi connectivity index (χ3n) is 3.22. The lowest BCUT2D eigenvalue weighted by atomic mass is 10.2. The van der Waals surface area contributed by atoms with E-state index in [1.54, 1.807) is 42.5 Å². The number of nitrogens with one attached hydrogen (secondary N) is 2. The van der Waals surface area contributed by atoms with Gasteiger partial charge in [0.1, 0.15) is 29.6 Å². The highest BCUT2D eigenvalue weighted by Crippen LogP contribution is 2.19. The van der Waals surface area contributed by atoms with E-state index < -0.39 is 0 Å². The summed E-state index contributed by atoms with van der Waals surface area (Å²) in [4.78, 5) is 8.12. The van der Waals surface area contributed by atoms with Gasteiger partial charge in [0.25, 0.3) is 0 Å². The summed E-state index contributed by atoms with van der Waals surface area (Å²) in [5.74, 6) is 0.314. The van der Waals surface area contributed by atoms with Crippen LogP contribution in [0.5, 0.6) is 0 Å². The lowest BCUT2D eigenvalue weighted by Crippen LogP contribution is -2.04. The molecule has 6 heteroatoms. The molecule has 0 atom stereocenters. The number of halogens is 2. The van der Waals surface area contributed by atoms with Gasteiger partial charge in [-0.15, -0.1) is 0 Å². The van der Waals surface area contributed by atoms with Gasteiger partial charge in [0.05, 0.1) is 5.69 Å². The van der Waals surface area contributed by atoms with Gasteiger partial charge in [-0.25, -0.2) is 18.7 Å². The molecule has 0 radical (unpaired) electrons. The van der Waals surface area contributed by atoms with Crippen molar-refractivity contribution in [3.05, 3.63) is 78.1 Å². The van der Waals surface area contributed by atoms with Gasteiger partial charge in [-0.2, -0.15) is 0 Å². The first kappa shape index (κ1) is 14.9. The highest BCUT2D eigenvalue weighted by atomic mass is 19.1. The van der Waals surface area contributed by atoms with Crippen molar-refractivity contribution in [1.82, 2.24) is 9.97 Å². The summed E-state index contributed by atoms with van der Waals surface area (Å²) in [5.41, 5.74) is 0.862. The molecule has 0 unspecified atom stereocenters. The predicted molar refractivity (Wildman–Crippen MR) is 85.4 cm³/mol. The Morgan fingerprint density at radius 2 is 1.52 bits per heavy atom. The Hall–Kier alpha value is -3.02. The zero-order valence-corrected chi connectivity index (χ0v) is 12.1. The fourth-order valence-corrected chi connectivity index (χ4v) is 2.05. The third kappa shape index (κ3) is 3.79. The van der Waals surface area contributed by atoms with Crippen LogP contribution in [0, 0.1) is 11.6 Å². The number of hydrogen-bond acceptors (Lipinski definition) is 4. The first-order valence-corrected chi connectivity index (χ1v) is 7.03. The summed E-state index contributed by atoms with van der Waals surface area (Å²) < 4.78 is 27.2. The zero-order chi connectivity index (χ0) is 16.1. The van der Waals surface area contributed by atoms with Crippen molar-refractivity contribution in [2.24, 2.45) is 0 Å². The van der Waals surface area contributed by atoms with E-state index in [0.29, 0.717) is 29.4 Å². The standard InChI is InChI=1S/C17H14F2N4/c18-13-6-2-1-5-12(13)10-20-16-9-17(22-11-21-16)23-15-8-4-3-7-14(15)19/h1-9,11H,10H2,(H2,20,21,22,23). The first-order chi connectivity index (χ1) is 11.2. The average Bonchev–Trinajstić information content (AvgIpc) is 2.57. The number of nitrogens with zero attached hydrogens (tertiary/aromatic N) is 2. The van der Waals surface area contributed by atoms with Crippen LogP contribution in [0.2, 0.25) is 0 Å². The molecule has 2 aromatic carbocycles. The smallest absolute Gasteiger partial charge is 0.146 e. The number of para-hydroxylation sites is 1. The maximum atomic E-state index is 13.6. The van der Waals surface area contributed by atoms with Crippen LogP contribution < -0.4 is 10.6 Å². The minimum Gasteiger partial charge on any atom is -0.366 e. The molecule has 3 rings (SSSR count). The highest BCUT2D eigenvalue weighted by Gasteiger charge is 2.05. The number of aromatic nitrogens is 2. The number of benzene rings is 2. The Morgan fingerprint density at radius 3 is 2.30 bits per heavy atom. The van der Waals surface area contributed by atoms with Gasteiger partial charge >= 0.3 is 0 Å². The van der Waals surface area contributed by atoms with Gasteiger partial charge in [-0.05, 0) is 18.2 Å². The number of anilines is 3. The molecular weight excluding hydrogens is 298 g/mol. The second-order valence-electron chi connectivity index (χ2n) is 4.84. The largest absolute Gasteiger partial charge is 0.366 e. The van der Waals surface area contributed by atoms with Gasteiger partial charge in [0, 0.05) is 18.2 Å². The van der Waals surface area contributed by atoms with Crippen LogP contribution in [0.4, 0.5) is 26.1 Å². The minimum atomic E-state index is -0.369. The predicted octanol–water partition coefficient (Wildman–Crippen LogP) is 4.11. The molecule has 4 nitrogen and oxygen atoms in total. The van der Waals surface area contributed by atoms with E-state index >= 15 is 0 Å². The molecule has 0 fully saturated rings. The second kappa shape index (κ2) is 6.83. The summed E-state index contributed by atoms with van der Waals surface area (Å²) in [6.07, 6.45) is 1.35. The summed E-state index contributed by atoms with van der Waals surface area (Å²) in [5, 5.41) is 5.90. The Labute approximate surface area is 132 Å². The van der Waals surface area contributed by atoms with Crippen LogP contribution in [0.1, 0.15) is 5.56 Å². The van der Waals surface area contributed by atoms with Gasteiger partial charge in [-0.1, -0.05) is 30.3 Å².